The number of hydrogen-bond acceptors (Lipinski definition) is 5. The van der Waals surface area contributed by atoms with Crippen molar-refractivity contribution < 1.29 is 19.1 Å². The molecule has 28 heavy (non-hydrogen) atoms. The molecule has 6 nitrogen and oxygen atoms in total. The van der Waals surface area contributed by atoms with Crippen molar-refractivity contribution in [3.63, 3.8) is 0 Å². The number of aryl methyl sites for hydroxylation is 2. The summed E-state index contributed by atoms with van der Waals surface area (Å²) in [6, 6.07) is 13.1. The van der Waals surface area contributed by atoms with Crippen LogP contribution in [0.4, 0.5) is 11.4 Å². The minimum Gasteiger partial charge on any atom is -0.452 e. The maximum absolute atomic E-state index is 12.4. The Morgan fingerprint density at radius 3 is 2.75 bits per heavy atom. The minimum absolute atomic E-state index is 0.105. The monoisotopic (exact) mass is 398 g/mol. The third-order valence-corrected chi connectivity index (χ3v) is 5.66. The van der Waals surface area contributed by atoms with E-state index >= 15 is 0 Å². The van der Waals surface area contributed by atoms with Crippen LogP contribution in [-0.2, 0) is 19.1 Å². The molecule has 146 valence electrons. The highest BCUT2D eigenvalue weighted by Gasteiger charge is 2.30. The van der Waals surface area contributed by atoms with Gasteiger partial charge in [0.05, 0.1) is 17.4 Å². The largest absolute Gasteiger partial charge is 0.452 e. The van der Waals surface area contributed by atoms with Crippen molar-refractivity contribution in [3.05, 3.63) is 53.6 Å². The molecular weight excluding hydrogens is 376 g/mol. The van der Waals surface area contributed by atoms with Gasteiger partial charge in [-0.1, -0.05) is 24.3 Å². The summed E-state index contributed by atoms with van der Waals surface area (Å²) >= 11 is 1.32. The Hall–Kier alpha value is -2.80. The van der Waals surface area contributed by atoms with E-state index < -0.39 is 23.2 Å². The zero-order chi connectivity index (χ0) is 20.3. The molecular formula is C21H22N2O4S. The van der Waals surface area contributed by atoms with Gasteiger partial charge in [-0.15, -0.1) is 11.8 Å². The average molecular weight is 398 g/mol. The number of hydrogen-bond donors (Lipinski definition) is 2. The maximum atomic E-state index is 12.4. The van der Waals surface area contributed by atoms with Crippen molar-refractivity contribution in [1.82, 2.24) is 0 Å². The van der Waals surface area contributed by atoms with Gasteiger partial charge in [0, 0.05) is 10.6 Å². The number of benzene rings is 2. The summed E-state index contributed by atoms with van der Waals surface area (Å²) in [6.45, 7) is 5.34. The summed E-state index contributed by atoms with van der Waals surface area (Å²) in [5.74, 6) is -1.24. The molecule has 0 fully saturated rings. The number of anilines is 2. The second-order valence-electron chi connectivity index (χ2n) is 6.74. The van der Waals surface area contributed by atoms with E-state index in [1.807, 2.05) is 56.3 Å². The van der Waals surface area contributed by atoms with Crippen LogP contribution in [0.3, 0.4) is 0 Å². The van der Waals surface area contributed by atoms with E-state index in [0.29, 0.717) is 5.69 Å². The fourth-order valence-electron chi connectivity index (χ4n) is 2.78. The Balaban J connectivity index is 1.56. The third kappa shape index (κ3) is 4.72. The molecule has 0 radical (unpaired) electrons. The zero-order valence-electron chi connectivity index (χ0n) is 15.9. The Bertz CT molecular complexity index is 928. The van der Waals surface area contributed by atoms with Crippen molar-refractivity contribution in [2.75, 3.05) is 10.6 Å². The zero-order valence-corrected chi connectivity index (χ0v) is 16.8. The predicted octanol–water partition coefficient (Wildman–Crippen LogP) is 3.68. The summed E-state index contributed by atoms with van der Waals surface area (Å²) in [7, 11) is 0. The van der Waals surface area contributed by atoms with Crippen molar-refractivity contribution in [2.24, 2.45) is 0 Å². The molecule has 2 amide bonds. The second kappa shape index (κ2) is 8.48. The van der Waals surface area contributed by atoms with Crippen molar-refractivity contribution >= 4 is 40.9 Å². The first-order chi connectivity index (χ1) is 13.3. The molecule has 0 spiro atoms. The summed E-state index contributed by atoms with van der Waals surface area (Å²) in [5.41, 5.74) is 3.37. The molecule has 0 saturated carbocycles. The molecule has 0 aliphatic carbocycles. The van der Waals surface area contributed by atoms with Crippen LogP contribution in [0.25, 0.3) is 0 Å². The molecule has 1 aliphatic heterocycles. The van der Waals surface area contributed by atoms with Gasteiger partial charge in [0.15, 0.2) is 6.10 Å². The number of rotatable bonds is 5. The van der Waals surface area contributed by atoms with Crippen molar-refractivity contribution in [3.8, 4) is 0 Å². The van der Waals surface area contributed by atoms with Gasteiger partial charge in [0.1, 0.15) is 0 Å². The quantitative estimate of drug-likeness (QED) is 0.751. The van der Waals surface area contributed by atoms with Gasteiger partial charge < -0.3 is 15.4 Å². The van der Waals surface area contributed by atoms with Gasteiger partial charge >= 0.3 is 5.97 Å². The lowest BCUT2D eigenvalue weighted by Crippen LogP contribution is -2.34. The number of para-hydroxylation sites is 1. The highest BCUT2D eigenvalue weighted by Crippen LogP contribution is 2.36. The lowest BCUT2D eigenvalue weighted by Gasteiger charge is -2.23. The second-order valence-corrected chi connectivity index (χ2v) is 7.98. The summed E-state index contributed by atoms with van der Waals surface area (Å²) < 4.78 is 5.25. The van der Waals surface area contributed by atoms with Gasteiger partial charge in [0.25, 0.3) is 5.91 Å². The number of nitrogens with one attached hydrogen (secondary N) is 2. The fourth-order valence-corrected chi connectivity index (χ4v) is 3.88. The normalized spacial score (nSPS) is 16.5. The van der Waals surface area contributed by atoms with Crippen LogP contribution in [0.5, 0.6) is 0 Å². The van der Waals surface area contributed by atoms with Crippen LogP contribution in [0.1, 0.15) is 24.5 Å². The van der Waals surface area contributed by atoms with E-state index in [0.717, 1.165) is 21.7 Å². The minimum atomic E-state index is -0.962. The van der Waals surface area contributed by atoms with E-state index in [-0.39, 0.29) is 12.3 Å². The molecule has 7 heteroatoms. The van der Waals surface area contributed by atoms with Gasteiger partial charge in [-0.05, 0) is 50.1 Å². The van der Waals surface area contributed by atoms with Crippen LogP contribution >= 0.6 is 11.8 Å². The SMILES string of the molecule is Cc1ccc(C)c(NC(=O)[C@H](C)OC(=O)C[C@@H]2Sc3ccccc3NC2=O)c1. The van der Waals surface area contributed by atoms with Gasteiger partial charge in [-0.3, -0.25) is 14.4 Å². The van der Waals surface area contributed by atoms with E-state index in [1.54, 1.807) is 0 Å². The Labute approximate surface area is 168 Å². The van der Waals surface area contributed by atoms with E-state index in [4.69, 9.17) is 4.74 Å². The molecule has 0 aromatic heterocycles. The molecule has 2 atom stereocenters. The van der Waals surface area contributed by atoms with Gasteiger partial charge in [0.2, 0.25) is 5.91 Å². The lowest BCUT2D eigenvalue weighted by molar-refractivity contribution is -0.153. The first-order valence-corrected chi connectivity index (χ1v) is 9.85. The molecule has 1 heterocycles. The van der Waals surface area contributed by atoms with Crippen LogP contribution < -0.4 is 10.6 Å². The Morgan fingerprint density at radius 1 is 1.21 bits per heavy atom. The Morgan fingerprint density at radius 2 is 1.96 bits per heavy atom. The maximum Gasteiger partial charge on any atom is 0.308 e. The average Bonchev–Trinajstić information content (AvgIpc) is 2.65. The number of thioether (sulfide) groups is 1. The van der Waals surface area contributed by atoms with Crippen LogP contribution in [-0.4, -0.2) is 29.1 Å². The first-order valence-electron chi connectivity index (χ1n) is 8.97. The smallest absolute Gasteiger partial charge is 0.308 e. The molecule has 2 aromatic rings. The number of ether oxygens (including phenoxy) is 1. The van der Waals surface area contributed by atoms with E-state index in [2.05, 4.69) is 10.6 Å². The lowest BCUT2D eigenvalue weighted by atomic mass is 10.1. The van der Waals surface area contributed by atoms with Crippen LogP contribution in [0, 0.1) is 13.8 Å². The first kappa shape index (κ1) is 19.9. The van der Waals surface area contributed by atoms with E-state index in [1.165, 1.54) is 18.7 Å². The molecule has 2 N–H and O–H groups in total. The van der Waals surface area contributed by atoms with Crippen molar-refractivity contribution in [1.29, 1.82) is 0 Å². The standard InChI is InChI=1S/C21H22N2O4S/c1-12-8-9-13(2)16(10-12)23-20(25)14(3)27-19(24)11-18-21(26)22-15-6-4-5-7-17(15)28-18/h4-10,14,18H,11H2,1-3H3,(H,22,26)(H,23,25)/t14-,18-/m0/s1. The summed E-state index contributed by atoms with van der Waals surface area (Å²) in [4.78, 5) is 37.7. The predicted molar refractivity (Wildman–Crippen MR) is 109 cm³/mol. The number of amides is 2. The molecule has 3 rings (SSSR count). The van der Waals surface area contributed by atoms with Gasteiger partial charge in [-0.25, -0.2) is 0 Å². The number of esters is 1. The van der Waals surface area contributed by atoms with E-state index in [9.17, 15) is 14.4 Å². The third-order valence-electron chi connectivity index (χ3n) is 4.39. The number of carbonyl (C=O) groups is 3. The fraction of sp³-hybridized carbons (Fsp3) is 0.286. The topological polar surface area (TPSA) is 84.5 Å². The number of carbonyl (C=O) groups excluding carboxylic acids is 3. The van der Waals surface area contributed by atoms with Crippen LogP contribution in [0.15, 0.2) is 47.4 Å². The summed E-state index contributed by atoms with van der Waals surface area (Å²) in [6.07, 6.45) is -1.07. The molecule has 0 saturated heterocycles. The Kier molecular flexibility index (Phi) is 6.04. The van der Waals surface area contributed by atoms with Gasteiger partial charge in [-0.2, -0.15) is 0 Å². The van der Waals surface area contributed by atoms with Crippen molar-refractivity contribution in [2.45, 2.75) is 43.4 Å². The number of fused-ring (bicyclic) bond motifs is 1. The molecule has 1 aliphatic rings. The highest BCUT2D eigenvalue weighted by atomic mass is 32.2. The highest BCUT2D eigenvalue weighted by molar-refractivity contribution is 8.01. The van der Waals surface area contributed by atoms with Crippen LogP contribution in [0.2, 0.25) is 0 Å². The molecule has 0 bridgehead atoms. The molecule has 0 unspecified atom stereocenters. The summed E-state index contributed by atoms with van der Waals surface area (Å²) in [5, 5.41) is 4.98. The molecule has 2 aromatic carbocycles.